The number of carbonyl (C=O) groups excluding carboxylic acids is 2. The van der Waals surface area contributed by atoms with Gasteiger partial charge in [-0.2, -0.15) is 0 Å². The van der Waals surface area contributed by atoms with Crippen molar-refractivity contribution in [2.24, 2.45) is 0 Å². The van der Waals surface area contributed by atoms with Crippen molar-refractivity contribution in [2.45, 2.75) is 140 Å². The molecule has 0 amide bonds. The molecule has 2 aliphatic carbocycles. The second-order valence-corrected chi connectivity index (χ2v) is 11.9. The Morgan fingerprint density at radius 2 is 1.21 bits per heavy atom. The molecule has 220 valence electrons. The number of unbranched alkanes of at least 4 members (excludes halogenated alkanes) is 2. The summed E-state index contributed by atoms with van der Waals surface area (Å²) in [5.41, 5.74) is 2.31. The van der Waals surface area contributed by atoms with Crippen molar-refractivity contribution in [3.8, 4) is 5.75 Å². The van der Waals surface area contributed by atoms with Crippen LogP contribution in [-0.4, -0.2) is 43.6 Å². The number of hydrogen-bond donors (Lipinski definition) is 0. The van der Waals surface area contributed by atoms with Crippen LogP contribution in [0.5, 0.6) is 5.75 Å². The van der Waals surface area contributed by atoms with Crippen LogP contribution in [0, 0.1) is 0 Å². The highest BCUT2D eigenvalue weighted by molar-refractivity contribution is 9.10. The van der Waals surface area contributed by atoms with Crippen LogP contribution in [0.15, 0.2) is 16.6 Å². The van der Waals surface area contributed by atoms with E-state index in [1.165, 1.54) is 5.56 Å². The van der Waals surface area contributed by atoms with Crippen LogP contribution in [0.4, 0.5) is 8.78 Å². The largest absolute Gasteiger partial charge is 0.495 e. The zero-order valence-corrected chi connectivity index (χ0v) is 25.3. The fraction of sp³-hybridized carbons (Fsp3) is 0.742. The van der Waals surface area contributed by atoms with E-state index in [-0.39, 0.29) is 31.0 Å². The van der Waals surface area contributed by atoms with Gasteiger partial charge in [0.2, 0.25) is 0 Å². The first-order valence-electron chi connectivity index (χ1n) is 14.8. The number of methoxy groups -OCH3 is 1. The quantitative estimate of drug-likeness (QED) is 0.208. The SMILES string of the molecule is CCCCC(F)C(=O)OC1CCC(c2ccc(C3CCC(OC(=O)C(F)CCCC)CC3)c(OC)c2Br)CC1. The van der Waals surface area contributed by atoms with Gasteiger partial charge in [-0.3, -0.25) is 0 Å². The molecule has 2 atom stereocenters. The summed E-state index contributed by atoms with van der Waals surface area (Å²) in [6.07, 6.45) is 6.27. The smallest absolute Gasteiger partial charge is 0.340 e. The van der Waals surface area contributed by atoms with Gasteiger partial charge in [0, 0.05) is 0 Å². The van der Waals surface area contributed by atoms with Gasteiger partial charge in [0.1, 0.15) is 18.0 Å². The number of ether oxygens (including phenoxy) is 3. The highest BCUT2D eigenvalue weighted by Gasteiger charge is 2.32. The van der Waals surface area contributed by atoms with Crippen molar-refractivity contribution in [1.82, 2.24) is 0 Å². The minimum atomic E-state index is -1.53. The molecule has 5 nitrogen and oxygen atoms in total. The van der Waals surface area contributed by atoms with E-state index in [4.69, 9.17) is 14.2 Å². The molecule has 8 heteroatoms. The number of carbonyl (C=O) groups is 2. The Balaban J connectivity index is 1.54. The summed E-state index contributed by atoms with van der Waals surface area (Å²) in [5, 5.41) is 0. The molecule has 0 saturated heterocycles. The van der Waals surface area contributed by atoms with Crippen LogP contribution in [0.3, 0.4) is 0 Å². The van der Waals surface area contributed by atoms with Gasteiger partial charge in [0.15, 0.2) is 12.3 Å². The lowest BCUT2D eigenvalue weighted by Crippen LogP contribution is -2.29. The maximum atomic E-state index is 14.0. The minimum Gasteiger partial charge on any atom is -0.495 e. The molecular weight excluding hydrogens is 570 g/mol. The summed E-state index contributed by atoms with van der Waals surface area (Å²) in [4.78, 5) is 24.1. The van der Waals surface area contributed by atoms with Gasteiger partial charge in [-0.05, 0) is 103 Å². The predicted molar refractivity (Wildman–Crippen MR) is 152 cm³/mol. The van der Waals surface area contributed by atoms with Gasteiger partial charge in [-0.25, -0.2) is 18.4 Å². The highest BCUT2D eigenvalue weighted by atomic mass is 79.9. The normalized spacial score (nSPS) is 25.0. The Bertz CT molecular complexity index is 926. The number of hydrogen-bond acceptors (Lipinski definition) is 5. The third-order valence-electron chi connectivity index (χ3n) is 8.29. The summed E-state index contributed by atoms with van der Waals surface area (Å²) in [6, 6.07) is 4.31. The molecule has 2 fully saturated rings. The van der Waals surface area contributed by atoms with Gasteiger partial charge in [0.05, 0.1) is 11.6 Å². The Hall–Kier alpha value is -1.70. The molecular formula is C31H45BrF2O5. The van der Waals surface area contributed by atoms with Crippen LogP contribution >= 0.6 is 15.9 Å². The molecule has 39 heavy (non-hydrogen) atoms. The van der Waals surface area contributed by atoms with Crippen molar-refractivity contribution in [3.63, 3.8) is 0 Å². The summed E-state index contributed by atoms with van der Waals surface area (Å²) in [7, 11) is 1.68. The van der Waals surface area contributed by atoms with Gasteiger partial charge in [-0.15, -0.1) is 0 Å². The van der Waals surface area contributed by atoms with Gasteiger partial charge < -0.3 is 14.2 Å². The van der Waals surface area contributed by atoms with E-state index >= 15 is 0 Å². The summed E-state index contributed by atoms with van der Waals surface area (Å²) >= 11 is 3.80. The molecule has 1 aromatic carbocycles. The Labute approximate surface area is 240 Å². The zero-order valence-electron chi connectivity index (χ0n) is 23.7. The molecule has 0 aromatic heterocycles. The Morgan fingerprint density at radius 1 is 0.795 bits per heavy atom. The third kappa shape index (κ3) is 8.89. The summed E-state index contributed by atoms with van der Waals surface area (Å²) < 4.78 is 45.8. The van der Waals surface area contributed by atoms with Crippen LogP contribution < -0.4 is 4.74 Å². The standard InChI is InChI=1S/C31H45BrF2O5/c1-4-6-8-26(33)30(35)38-22-14-10-20(11-15-22)24-18-19-25(29(37-3)28(24)32)21-12-16-23(17-13-21)39-31(36)27(34)9-7-5-2/h18-23,26-27H,4-17H2,1-3H3. The summed E-state index contributed by atoms with van der Waals surface area (Å²) in [6.45, 7) is 3.95. The van der Waals surface area contributed by atoms with Crippen LogP contribution in [0.2, 0.25) is 0 Å². The fourth-order valence-corrected chi connectivity index (χ4v) is 6.74. The van der Waals surface area contributed by atoms with E-state index < -0.39 is 24.3 Å². The molecule has 0 aliphatic heterocycles. The molecule has 0 N–H and O–H groups in total. The van der Waals surface area contributed by atoms with Crippen LogP contribution in [0.25, 0.3) is 0 Å². The Kier molecular flexibility index (Phi) is 13.0. The molecule has 0 radical (unpaired) electrons. The third-order valence-corrected chi connectivity index (χ3v) is 9.11. The fourth-order valence-electron chi connectivity index (χ4n) is 5.89. The van der Waals surface area contributed by atoms with E-state index in [2.05, 4.69) is 28.1 Å². The van der Waals surface area contributed by atoms with E-state index in [1.807, 2.05) is 13.8 Å². The molecule has 2 unspecified atom stereocenters. The zero-order chi connectivity index (χ0) is 28.4. The second kappa shape index (κ2) is 15.9. The second-order valence-electron chi connectivity index (χ2n) is 11.1. The maximum absolute atomic E-state index is 14.0. The summed E-state index contributed by atoms with van der Waals surface area (Å²) in [5.74, 6) is -0.0270. The maximum Gasteiger partial charge on any atom is 0.340 e. The number of rotatable bonds is 13. The highest BCUT2D eigenvalue weighted by Crippen LogP contribution is 2.46. The number of esters is 2. The lowest BCUT2D eigenvalue weighted by Gasteiger charge is -2.32. The van der Waals surface area contributed by atoms with E-state index in [0.29, 0.717) is 44.4 Å². The molecule has 0 spiro atoms. The van der Waals surface area contributed by atoms with E-state index in [1.54, 1.807) is 7.11 Å². The molecule has 3 rings (SSSR count). The predicted octanol–water partition coefficient (Wildman–Crippen LogP) is 8.65. The van der Waals surface area contributed by atoms with Crippen LogP contribution in [-0.2, 0) is 19.1 Å². The number of halogens is 3. The number of benzene rings is 1. The first kappa shape index (κ1) is 31.8. The topological polar surface area (TPSA) is 61.8 Å². The average molecular weight is 616 g/mol. The lowest BCUT2D eigenvalue weighted by molar-refractivity contribution is -0.157. The average Bonchev–Trinajstić information content (AvgIpc) is 2.95. The molecule has 2 saturated carbocycles. The van der Waals surface area contributed by atoms with Crippen LogP contribution in [0.1, 0.15) is 127 Å². The molecule has 1 aromatic rings. The Morgan fingerprint density at radius 3 is 1.62 bits per heavy atom. The van der Waals surface area contributed by atoms with Crippen molar-refractivity contribution in [2.75, 3.05) is 7.11 Å². The van der Waals surface area contributed by atoms with Gasteiger partial charge >= 0.3 is 11.9 Å². The first-order valence-corrected chi connectivity index (χ1v) is 15.6. The van der Waals surface area contributed by atoms with Gasteiger partial charge in [-0.1, -0.05) is 51.7 Å². The number of alkyl halides is 2. The van der Waals surface area contributed by atoms with Crippen molar-refractivity contribution in [3.05, 3.63) is 27.7 Å². The first-order chi connectivity index (χ1) is 18.8. The molecule has 0 heterocycles. The molecule has 0 bridgehead atoms. The van der Waals surface area contributed by atoms with Gasteiger partial charge in [0.25, 0.3) is 0 Å². The lowest BCUT2D eigenvalue weighted by atomic mass is 9.79. The monoisotopic (exact) mass is 614 g/mol. The van der Waals surface area contributed by atoms with Crippen molar-refractivity contribution < 1.29 is 32.6 Å². The minimum absolute atomic E-state index is 0.225. The molecule has 2 aliphatic rings. The van der Waals surface area contributed by atoms with Crippen molar-refractivity contribution in [1.29, 1.82) is 0 Å². The van der Waals surface area contributed by atoms with E-state index in [0.717, 1.165) is 54.3 Å². The van der Waals surface area contributed by atoms with Crippen molar-refractivity contribution >= 4 is 27.9 Å². The van der Waals surface area contributed by atoms with E-state index in [9.17, 15) is 18.4 Å².